The van der Waals surface area contributed by atoms with Crippen LogP contribution < -0.4 is 0 Å². The third-order valence-electron chi connectivity index (χ3n) is 5.34. The highest BCUT2D eigenvalue weighted by Gasteiger charge is 2.36. The number of aromatic nitrogens is 2. The lowest BCUT2D eigenvalue weighted by Crippen LogP contribution is -2.42. The van der Waals surface area contributed by atoms with E-state index in [9.17, 15) is 5.11 Å². The van der Waals surface area contributed by atoms with E-state index in [4.69, 9.17) is 9.47 Å². The number of rotatable bonds is 10. The van der Waals surface area contributed by atoms with Gasteiger partial charge in [-0.3, -0.25) is 0 Å². The summed E-state index contributed by atoms with van der Waals surface area (Å²) in [5.74, 6) is 0.486. The highest BCUT2D eigenvalue weighted by molar-refractivity contribution is 5.13. The highest BCUT2D eigenvalue weighted by atomic mass is 16.5. The Morgan fingerprint density at radius 2 is 2.32 bits per heavy atom. The highest BCUT2D eigenvalue weighted by Crippen LogP contribution is 2.33. The first-order valence-electron chi connectivity index (χ1n) is 9.55. The summed E-state index contributed by atoms with van der Waals surface area (Å²) in [6.45, 7) is 10.2. The number of imidazole rings is 1. The summed E-state index contributed by atoms with van der Waals surface area (Å²) in [7, 11) is 1.78. The van der Waals surface area contributed by atoms with E-state index in [-0.39, 0.29) is 18.1 Å². The van der Waals surface area contributed by atoms with Gasteiger partial charge in [-0.2, -0.15) is 0 Å². The van der Waals surface area contributed by atoms with Crippen LogP contribution in [0.5, 0.6) is 0 Å². The molecule has 142 valence electrons. The van der Waals surface area contributed by atoms with Gasteiger partial charge in [0.25, 0.3) is 0 Å². The van der Waals surface area contributed by atoms with Crippen molar-refractivity contribution in [1.82, 2.24) is 9.55 Å². The van der Waals surface area contributed by atoms with E-state index in [0.29, 0.717) is 12.5 Å². The van der Waals surface area contributed by atoms with Crippen LogP contribution in [0, 0.1) is 11.8 Å². The molecule has 0 amide bonds. The van der Waals surface area contributed by atoms with Gasteiger partial charge in [0, 0.05) is 38.6 Å². The van der Waals surface area contributed by atoms with Crippen LogP contribution in [0.3, 0.4) is 0 Å². The minimum absolute atomic E-state index is 0.0409. The van der Waals surface area contributed by atoms with Crippen LogP contribution in [0.4, 0.5) is 0 Å². The van der Waals surface area contributed by atoms with E-state index in [1.165, 1.54) is 12.8 Å². The summed E-state index contributed by atoms with van der Waals surface area (Å²) < 4.78 is 13.9. The van der Waals surface area contributed by atoms with E-state index >= 15 is 0 Å². The number of ether oxygens (including phenoxy) is 2. The number of nitrogens with zero attached hydrogens (tertiary/aromatic N) is 2. The number of aliphatic hydroxyl groups is 1. The third kappa shape index (κ3) is 5.40. The first-order valence-corrected chi connectivity index (χ1v) is 9.55. The molecular weight excluding hydrogens is 316 g/mol. The van der Waals surface area contributed by atoms with Crippen molar-refractivity contribution in [1.29, 1.82) is 0 Å². The van der Waals surface area contributed by atoms with Gasteiger partial charge in [0.05, 0.1) is 18.5 Å². The molecule has 0 bridgehead atoms. The number of hydrogen-bond donors (Lipinski definition) is 1. The van der Waals surface area contributed by atoms with E-state index < -0.39 is 6.10 Å². The number of hydrogen-bond acceptors (Lipinski definition) is 4. The van der Waals surface area contributed by atoms with Crippen molar-refractivity contribution in [2.24, 2.45) is 11.8 Å². The normalized spacial score (nSPS) is 24.6. The van der Waals surface area contributed by atoms with Gasteiger partial charge < -0.3 is 19.1 Å². The summed E-state index contributed by atoms with van der Waals surface area (Å²) >= 11 is 0. The fourth-order valence-corrected chi connectivity index (χ4v) is 3.87. The van der Waals surface area contributed by atoms with Crippen LogP contribution in [0.25, 0.3) is 0 Å². The second-order valence-electron chi connectivity index (χ2n) is 7.26. The molecule has 25 heavy (non-hydrogen) atoms. The van der Waals surface area contributed by atoms with Crippen LogP contribution in [-0.2, 0) is 16.0 Å². The maximum absolute atomic E-state index is 10.4. The van der Waals surface area contributed by atoms with Crippen LogP contribution in [-0.4, -0.2) is 46.7 Å². The quantitative estimate of drug-likeness (QED) is 0.657. The second kappa shape index (κ2) is 10.1. The van der Waals surface area contributed by atoms with Gasteiger partial charge >= 0.3 is 0 Å². The Balaban J connectivity index is 2.19. The number of aliphatic hydroxyl groups excluding tert-OH is 1. The van der Waals surface area contributed by atoms with Gasteiger partial charge in [-0.25, -0.2) is 4.98 Å². The Hall–Kier alpha value is -1.17. The molecule has 1 fully saturated rings. The summed E-state index contributed by atoms with van der Waals surface area (Å²) in [5, 5.41) is 10.4. The van der Waals surface area contributed by atoms with Gasteiger partial charge in [-0.15, -0.1) is 0 Å². The van der Waals surface area contributed by atoms with Crippen molar-refractivity contribution in [2.75, 3.05) is 13.7 Å². The van der Waals surface area contributed by atoms with Crippen molar-refractivity contribution in [3.05, 3.63) is 30.9 Å². The molecule has 0 aromatic carbocycles. The average Bonchev–Trinajstić information content (AvgIpc) is 3.12. The van der Waals surface area contributed by atoms with Crippen molar-refractivity contribution in [3.63, 3.8) is 0 Å². The Labute approximate surface area is 152 Å². The van der Waals surface area contributed by atoms with Crippen molar-refractivity contribution in [3.8, 4) is 0 Å². The minimum atomic E-state index is -0.477. The average molecular weight is 351 g/mol. The molecule has 0 spiro atoms. The Morgan fingerprint density at radius 1 is 1.52 bits per heavy atom. The number of unbranched alkanes of at least 4 members (excludes halogenated alkanes) is 1. The molecule has 0 aliphatic carbocycles. The molecule has 1 aromatic rings. The lowest BCUT2D eigenvalue weighted by atomic mass is 9.80. The molecule has 0 radical (unpaired) electrons. The Bertz CT molecular complexity index is 503. The molecule has 1 saturated heterocycles. The smallest absolute Gasteiger partial charge is 0.105 e. The lowest BCUT2D eigenvalue weighted by molar-refractivity contribution is -0.0683. The van der Waals surface area contributed by atoms with Crippen LogP contribution in [0.15, 0.2) is 30.9 Å². The van der Waals surface area contributed by atoms with E-state index in [1.807, 2.05) is 12.5 Å². The molecule has 1 aliphatic rings. The largest absolute Gasteiger partial charge is 0.390 e. The minimum Gasteiger partial charge on any atom is -0.390 e. The zero-order valence-corrected chi connectivity index (χ0v) is 15.9. The molecule has 1 N–H and O–H groups in total. The fraction of sp³-hybridized carbons (Fsp3) is 0.750. The van der Waals surface area contributed by atoms with Crippen LogP contribution in [0.1, 0.15) is 46.0 Å². The predicted octanol–water partition coefficient (Wildman–Crippen LogP) is 3.44. The molecular formula is C20H34N2O3. The summed E-state index contributed by atoms with van der Waals surface area (Å²) in [5.41, 5.74) is 0.941. The molecule has 5 atom stereocenters. The molecule has 5 heteroatoms. The number of methoxy groups -OCH3 is 1. The maximum Gasteiger partial charge on any atom is 0.105 e. The standard InChI is InChI=1S/C20H34N2O3/c1-5-6-8-15(2)19(24-4)17(13-22-11-10-21-14-22)16(3)20-18(23)9-7-12-25-20/h10-11,14-15,17-20,23H,3,5-9,12-13H2,1-2,4H3/t15-,17?,18-,19-,20-/m0/s1. The van der Waals surface area contributed by atoms with Gasteiger partial charge in [-0.1, -0.05) is 33.3 Å². The van der Waals surface area contributed by atoms with E-state index in [1.54, 1.807) is 13.3 Å². The van der Waals surface area contributed by atoms with Crippen LogP contribution in [0.2, 0.25) is 0 Å². The molecule has 5 nitrogen and oxygen atoms in total. The van der Waals surface area contributed by atoms with Crippen LogP contribution >= 0.6 is 0 Å². The Kier molecular flexibility index (Phi) is 8.13. The predicted molar refractivity (Wildman–Crippen MR) is 99.3 cm³/mol. The molecule has 1 aliphatic heterocycles. The third-order valence-corrected chi connectivity index (χ3v) is 5.34. The molecule has 2 heterocycles. The zero-order chi connectivity index (χ0) is 18.2. The van der Waals surface area contributed by atoms with Gasteiger partial charge in [0.2, 0.25) is 0 Å². The van der Waals surface area contributed by atoms with Gasteiger partial charge in [0.1, 0.15) is 6.10 Å². The Morgan fingerprint density at radius 3 is 2.92 bits per heavy atom. The molecule has 2 rings (SSSR count). The lowest BCUT2D eigenvalue weighted by Gasteiger charge is -2.38. The molecule has 1 unspecified atom stereocenters. The molecule has 0 saturated carbocycles. The summed E-state index contributed by atoms with van der Waals surface area (Å²) in [6.07, 6.45) is 9.98. The topological polar surface area (TPSA) is 56.5 Å². The van der Waals surface area contributed by atoms with Crippen molar-refractivity contribution < 1.29 is 14.6 Å². The first-order chi connectivity index (χ1) is 12.1. The van der Waals surface area contributed by atoms with E-state index in [0.717, 1.165) is 31.4 Å². The summed E-state index contributed by atoms with van der Waals surface area (Å²) in [6, 6.07) is 0. The maximum atomic E-state index is 10.4. The summed E-state index contributed by atoms with van der Waals surface area (Å²) in [4.78, 5) is 4.15. The zero-order valence-electron chi connectivity index (χ0n) is 15.9. The fourth-order valence-electron chi connectivity index (χ4n) is 3.87. The van der Waals surface area contributed by atoms with Crippen molar-refractivity contribution >= 4 is 0 Å². The van der Waals surface area contributed by atoms with E-state index in [2.05, 4.69) is 30.0 Å². The second-order valence-corrected chi connectivity index (χ2v) is 7.26. The molecule has 1 aromatic heterocycles. The van der Waals surface area contributed by atoms with Crippen molar-refractivity contribution in [2.45, 2.75) is 70.8 Å². The SMILES string of the molecule is C=C(C(Cn1ccnc1)[C@@H](OC)[C@@H](C)CCCC)[C@@H]1OCCC[C@@H]1O. The first kappa shape index (κ1) is 20.1. The monoisotopic (exact) mass is 350 g/mol. The van der Waals surface area contributed by atoms with Gasteiger partial charge in [-0.05, 0) is 30.8 Å². The van der Waals surface area contributed by atoms with Gasteiger partial charge in [0.15, 0.2) is 0 Å².